The average Bonchev–Trinajstić information content (AvgIpc) is 2.15. The molecule has 1 heterocycles. The van der Waals surface area contributed by atoms with Crippen LogP contribution in [0.2, 0.25) is 0 Å². The SMILES string of the molecule is C/C=N/NC(=O)c1ccccn1. The smallest absolute Gasteiger partial charge is 0.266 e. The number of hydrogen-bond donors (Lipinski definition) is 1. The standard InChI is InChI=1S/C8H9N3O/c1-2-10-11-8(12)7-5-3-4-6-9-7/h2-6H,1H3,(H,11,12)/b10-2+. The highest BCUT2D eigenvalue weighted by atomic mass is 16.2. The van der Waals surface area contributed by atoms with Gasteiger partial charge in [0, 0.05) is 12.4 Å². The van der Waals surface area contributed by atoms with Crippen molar-refractivity contribution in [2.45, 2.75) is 6.92 Å². The number of nitrogens with zero attached hydrogens (tertiary/aromatic N) is 2. The molecule has 0 aliphatic heterocycles. The fraction of sp³-hybridized carbons (Fsp3) is 0.125. The molecule has 0 unspecified atom stereocenters. The van der Waals surface area contributed by atoms with Gasteiger partial charge >= 0.3 is 0 Å². The summed E-state index contributed by atoms with van der Waals surface area (Å²) < 4.78 is 0. The molecule has 0 saturated heterocycles. The van der Waals surface area contributed by atoms with E-state index in [1.165, 1.54) is 6.21 Å². The summed E-state index contributed by atoms with van der Waals surface area (Å²) in [6, 6.07) is 5.12. The van der Waals surface area contributed by atoms with E-state index >= 15 is 0 Å². The molecule has 4 nitrogen and oxygen atoms in total. The van der Waals surface area contributed by atoms with Gasteiger partial charge in [-0.05, 0) is 19.1 Å². The number of hydrogen-bond acceptors (Lipinski definition) is 3. The number of amides is 1. The minimum absolute atomic E-state index is 0.297. The van der Waals surface area contributed by atoms with E-state index in [0.29, 0.717) is 5.69 Å². The molecule has 1 amide bonds. The van der Waals surface area contributed by atoms with Crippen molar-refractivity contribution in [2.75, 3.05) is 0 Å². The zero-order valence-electron chi connectivity index (χ0n) is 6.69. The number of aromatic nitrogens is 1. The summed E-state index contributed by atoms with van der Waals surface area (Å²) in [4.78, 5) is 15.0. The monoisotopic (exact) mass is 163 g/mol. The van der Waals surface area contributed by atoms with Gasteiger partial charge in [0.15, 0.2) is 0 Å². The normalized spacial score (nSPS) is 10.1. The Morgan fingerprint density at radius 1 is 1.67 bits per heavy atom. The number of carbonyl (C=O) groups excluding carboxylic acids is 1. The second-order valence-corrected chi connectivity index (χ2v) is 2.04. The Bertz CT molecular complexity index is 282. The number of rotatable bonds is 2. The lowest BCUT2D eigenvalue weighted by atomic mass is 10.3. The molecule has 1 N–H and O–H groups in total. The van der Waals surface area contributed by atoms with Crippen LogP contribution in [0.15, 0.2) is 29.5 Å². The zero-order chi connectivity index (χ0) is 8.81. The fourth-order valence-corrected chi connectivity index (χ4v) is 0.678. The maximum Gasteiger partial charge on any atom is 0.289 e. The van der Waals surface area contributed by atoms with Crippen LogP contribution in [0.25, 0.3) is 0 Å². The van der Waals surface area contributed by atoms with Gasteiger partial charge in [-0.3, -0.25) is 9.78 Å². The minimum atomic E-state index is -0.297. The predicted molar refractivity (Wildman–Crippen MR) is 45.9 cm³/mol. The molecule has 0 saturated carbocycles. The third kappa shape index (κ3) is 2.16. The van der Waals surface area contributed by atoms with Crippen LogP contribution < -0.4 is 5.43 Å². The Balaban J connectivity index is 2.66. The van der Waals surface area contributed by atoms with Gasteiger partial charge in [-0.25, -0.2) is 5.43 Å². The number of hydrazone groups is 1. The van der Waals surface area contributed by atoms with E-state index in [4.69, 9.17) is 0 Å². The van der Waals surface area contributed by atoms with Crippen LogP contribution in [0.4, 0.5) is 0 Å². The van der Waals surface area contributed by atoms with Crippen LogP contribution in [0, 0.1) is 0 Å². The van der Waals surface area contributed by atoms with Crippen molar-refractivity contribution in [3.63, 3.8) is 0 Å². The molecule has 12 heavy (non-hydrogen) atoms. The van der Waals surface area contributed by atoms with Crippen LogP contribution in [0.3, 0.4) is 0 Å². The van der Waals surface area contributed by atoms with Crippen LogP contribution in [-0.4, -0.2) is 17.1 Å². The molecule has 0 fully saturated rings. The first kappa shape index (κ1) is 8.39. The Hall–Kier alpha value is -1.71. The third-order valence-corrected chi connectivity index (χ3v) is 1.19. The lowest BCUT2D eigenvalue weighted by molar-refractivity contribution is 0.0950. The van der Waals surface area contributed by atoms with Crippen LogP contribution in [0.1, 0.15) is 17.4 Å². The summed E-state index contributed by atoms with van der Waals surface area (Å²) in [5.41, 5.74) is 2.68. The van der Waals surface area contributed by atoms with Gasteiger partial charge in [-0.1, -0.05) is 6.07 Å². The van der Waals surface area contributed by atoms with Crippen molar-refractivity contribution < 1.29 is 4.79 Å². The Labute approximate surface area is 70.3 Å². The van der Waals surface area contributed by atoms with Crippen LogP contribution in [0.5, 0.6) is 0 Å². The molecule has 0 bridgehead atoms. The highest BCUT2D eigenvalue weighted by Gasteiger charge is 2.02. The van der Waals surface area contributed by atoms with Crippen molar-refractivity contribution >= 4 is 12.1 Å². The largest absolute Gasteiger partial charge is 0.289 e. The molecule has 62 valence electrons. The van der Waals surface area contributed by atoms with Gasteiger partial charge in [0.05, 0.1) is 0 Å². The quantitative estimate of drug-likeness (QED) is 0.518. The van der Waals surface area contributed by atoms with Crippen molar-refractivity contribution in [3.05, 3.63) is 30.1 Å². The average molecular weight is 163 g/mol. The molecule has 1 rings (SSSR count). The number of carbonyl (C=O) groups is 1. The maximum absolute atomic E-state index is 11.1. The van der Waals surface area contributed by atoms with Crippen LogP contribution >= 0.6 is 0 Å². The summed E-state index contributed by atoms with van der Waals surface area (Å²) >= 11 is 0. The van der Waals surface area contributed by atoms with E-state index in [2.05, 4.69) is 15.5 Å². The number of nitrogens with one attached hydrogen (secondary N) is 1. The maximum atomic E-state index is 11.1. The van der Waals surface area contributed by atoms with E-state index < -0.39 is 0 Å². The van der Waals surface area contributed by atoms with Crippen molar-refractivity contribution in [1.82, 2.24) is 10.4 Å². The van der Waals surface area contributed by atoms with Crippen molar-refractivity contribution in [3.8, 4) is 0 Å². The molecule has 0 aromatic carbocycles. The number of pyridine rings is 1. The van der Waals surface area contributed by atoms with E-state index in [0.717, 1.165) is 0 Å². The Kier molecular flexibility index (Phi) is 2.95. The van der Waals surface area contributed by atoms with Gasteiger partial charge in [-0.15, -0.1) is 0 Å². The lowest BCUT2D eigenvalue weighted by Gasteiger charge is -1.96. The molecular weight excluding hydrogens is 154 g/mol. The molecule has 1 aromatic rings. The topological polar surface area (TPSA) is 54.4 Å². The predicted octanol–water partition coefficient (Wildman–Crippen LogP) is 0.817. The van der Waals surface area contributed by atoms with Gasteiger partial charge < -0.3 is 0 Å². The molecule has 0 aliphatic rings. The Morgan fingerprint density at radius 3 is 3.08 bits per heavy atom. The van der Waals surface area contributed by atoms with Crippen molar-refractivity contribution in [2.24, 2.45) is 5.10 Å². The summed E-state index contributed by atoms with van der Waals surface area (Å²) in [5, 5.41) is 3.58. The first-order valence-corrected chi connectivity index (χ1v) is 3.53. The molecule has 4 heteroatoms. The summed E-state index contributed by atoms with van der Waals surface area (Å²) in [6.07, 6.45) is 3.06. The summed E-state index contributed by atoms with van der Waals surface area (Å²) in [7, 11) is 0. The molecule has 0 spiro atoms. The molecule has 0 atom stereocenters. The van der Waals surface area contributed by atoms with Gasteiger partial charge in [-0.2, -0.15) is 5.10 Å². The first-order valence-electron chi connectivity index (χ1n) is 3.53. The second kappa shape index (κ2) is 4.23. The van der Waals surface area contributed by atoms with Crippen LogP contribution in [-0.2, 0) is 0 Å². The molecule has 1 aromatic heterocycles. The lowest BCUT2D eigenvalue weighted by Crippen LogP contribution is -2.18. The van der Waals surface area contributed by atoms with E-state index in [-0.39, 0.29) is 5.91 Å². The molecule has 0 radical (unpaired) electrons. The van der Waals surface area contributed by atoms with Gasteiger partial charge in [0.25, 0.3) is 5.91 Å². The second-order valence-electron chi connectivity index (χ2n) is 2.04. The Morgan fingerprint density at radius 2 is 2.50 bits per heavy atom. The fourth-order valence-electron chi connectivity index (χ4n) is 0.678. The summed E-state index contributed by atoms with van der Waals surface area (Å²) in [5.74, 6) is -0.297. The zero-order valence-corrected chi connectivity index (χ0v) is 6.69. The first-order chi connectivity index (χ1) is 5.84. The molecular formula is C8H9N3O. The highest BCUT2D eigenvalue weighted by molar-refractivity contribution is 5.92. The molecule has 0 aliphatic carbocycles. The van der Waals surface area contributed by atoms with Crippen molar-refractivity contribution in [1.29, 1.82) is 0 Å². The van der Waals surface area contributed by atoms with Gasteiger partial charge in [0.1, 0.15) is 5.69 Å². The highest BCUT2D eigenvalue weighted by Crippen LogP contribution is 1.91. The van der Waals surface area contributed by atoms with Gasteiger partial charge in [0.2, 0.25) is 0 Å². The third-order valence-electron chi connectivity index (χ3n) is 1.19. The van der Waals surface area contributed by atoms with E-state index in [9.17, 15) is 4.79 Å². The minimum Gasteiger partial charge on any atom is -0.266 e. The summed E-state index contributed by atoms with van der Waals surface area (Å²) in [6.45, 7) is 1.72. The van der Waals surface area contributed by atoms with E-state index in [1.807, 2.05) is 0 Å². The van der Waals surface area contributed by atoms with E-state index in [1.54, 1.807) is 31.3 Å².